The topological polar surface area (TPSA) is 48.8 Å². The summed E-state index contributed by atoms with van der Waals surface area (Å²) in [6.07, 6.45) is 1.61. The van der Waals surface area contributed by atoms with Crippen molar-refractivity contribution in [2.24, 2.45) is 0 Å². The molecule has 1 aromatic rings. The van der Waals surface area contributed by atoms with Crippen LogP contribution in [-0.4, -0.2) is 12.1 Å². The minimum Gasteiger partial charge on any atom is -0.492 e. The van der Waals surface area contributed by atoms with Crippen molar-refractivity contribution in [2.45, 2.75) is 0 Å². The van der Waals surface area contributed by atoms with Gasteiger partial charge in [0, 0.05) is 6.20 Å². The molecule has 0 radical (unpaired) electrons. The number of nitrogens with zero attached hydrogens (tertiary/aromatic N) is 1. The number of hydrogen-bond acceptors (Lipinski definition) is 3. The third kappa shape index (κ3) is 1.38. The fraction of sp³-hybridized carbons (Fsp3) is 0.143. The number of hydrogen-bond donors (Lipinski definition) is 1. The molecule has 0 aliphatic rings. The van der Waals surface area contributed by atoms with E-state index in [1.165, 1.54) is 7.11 Å². The van der Waals surface area contributed by atoms with Crippen molar-refractivity contribution in [3.63, 3.8) is 0 Å². The second-order valence-corrected chi connectivity index (χ2v) is 2.30. The Morgan fingerprint density at radius 3 is 2.91 bits per heavy atom. The average molecular weight is 166 g/mol. The molecule has 0 unspecified atom stereocenters. The summed E-state index contributed by atoms with van der Waals surface area (Å²) < 4.78 is 5.45. The molecule has 0 amide bonds. The Kier molecular flexibility index (Phi) is 2.24. The molecule has 0 aromatic carbocycles. The molecule has 0 bridgehead atoms. The van der Waals surface area contributed by atoms with Gasteiger partial charge >= 0.3 is 0 Å². The molecule has 0 spiro atoms. The van der Waals surface area contributed by atoms with E-state index in [1.54, 1.807) is 12.3 Å². The van der Waals surface area contributed by atoms with Crippen molar-refractivity contribution in [2.75, 3.05) is 7.11 Å². The van der Waals surface area contributed by atoms with Crippen LogP contribution in [0.1, 0.15) is 5.69 Å². The van der Waals surface area contributed by atoms with E-state index in [0.717, 1.165) is 0 Å². The predicted octanol–water partition coefficient (Wildman–Crippen LogP) is 1.62. The summed E-state index contributed by atoms with van der Waals surface area (Å²) in [4.78, 5) is 2.73. The lowest BCUT2D eigenvalue weighted by Crippen LogP contribution is -1.90. The zero-order chi connectivity index (χ0) is 8.27. The maximum Gasteiger partial charge on any atom is 0.171 e. The van der Waals surface area contributed by atoms with Crippen molar-refractivity contribution in [1.82, 2.24) is 4.98 Å². The number of H-pyrrole nitrogens is 1. The van der Waals surface area contributed by atoms with Gasteiger partial charge in [-0.1, -0.05) is 12.2 Å². The van der Waals surface area contributed by atoms with E-state index in [2.05, 4.69) is 4.98 Å². The molecule has 0 aliphatic heterocycles. The molecule has 3 nitrogen and oxygen atoms in total. The van der Waals surface area contributed by atoms with Crippen LogP contribution in [0.15, 0.2) is 12.3 Å². The van der Waals surface area contributed by atoms with Gasteiger partial charge in [0.25, 0.3) is 0 Å². The predicted molar refractivity (Wildman–Crippen MR) is 42.9 cm³/mol. The highest BCUT2D eigenvalue weighted by Crippen LogP contribution is 2.15. The fourth-order valence-electron chi connectivity index (χ4n) is 0.751. The van der Waals surface area contributed by atoms with E-state index < -0.39 is 0 Å². The Labute approximate surface area is 69.2 Å². The van der Waals surface area contributed by atoms with E-state index >= 15 is 0 Å². The first kappa shape index (κ1) is 7.76. The highest BCUT2D eigenvalue weighted by Gasteiger charge is 2.01. The van der Waals surface area contributed by atoms with E-state index in [4.69, 9.17) is 22.2 Å². The van der Waals surface area contributed by atoms with Gasteiger partial charge < -0.3 is 9.72 Å². The number of ether oxygens (including phenoxy) is 1. The third-order valence-electron chi connectivity index (χ3n) is 1.23. The van der Waals surface area contributed by atoms with Crippen LogP contribution >= 0.6 is 12.2 Å². The smallest absolute Gasteiger partial charge is 0.171 e. The molecule has 56 valence electrons. The molecule has 0 aliphatic carbocycles. The number of nitriles is 1. The lowest BCUT2D eigenvalue weighted by molar-refractivity contribution is 0.410. The lowest BCUT2D eigenvalue weighted by atomic mass is 10.3. The SMILES string of the molecule is COc1c(C#N)[nH]ccc1=S. The Morgan fingerprint density at radius 2 is 2.45 bits per heavy atom. The van der Waals surface area contributed by atoms with Gasteiger partial charge in [-0.15, -0.1) is 0 Å². The number of aromatic nitrogens is 1. The largest absolute Gasteiger partial charge is 0.492 e. The van der Waals surface area contributed by atoms with E-state index in [1.807, 2.05) is 6.07 Å². The molecule has 1 N–H and O–H groups in total. The summed E-state index contributed by atoms with van der Waals surface area (Å²) in [6.45, 7) is 0. The standard InChI is InChI=1S/C7H6N2OS/c1-10-7-5(4-8)9-3-2-6(7)11/h2-3H,1H3,(H,9,11). The normalized spacial score (nSPS) is 8.73. The molecule has 11 heavy (non-hydrogen) atoms. The summed E-state index contributed by atoms with van der Waals surface area (Å²) >= 11 is 4.91. The first-order valence-corrected chi connectivity index (χ1v) is 3.36. The van der Waals surface area contributed by atoms with Crippen LogP contribution < -0.4 is 4.74 Å². The minimum absolute atomic E-state index is 0.361. The molecule has 4 heteroatoms. The van der Waals surface area contributed by atoms with Crippen LogP contribution in [0.5, 0.6) is 5.75 Å². The Balaban J connectivity index is 3.39. The van der Waals surface area contributed by atoms with Gasteiger partial charge in [-0.3, -0.25) is 0 Å². The van der Waals surface area contributed by atoms with E-state index in [0.29, 0.717) is 16.0 Å². The Morgan fingerprint density at radius 1 is 1.73 bits per heavy atom. The first-order valence-electron chi connectivity index (χ1n) is 2.95. The van der Waals surface area contributed by atoms with Gasteiger partial charge in [-0.25, -0.2) is 0 Å². The van der Waals surface area contributed by atoms with Crippen molar-refractivity contribution in [3.05, 3.63) is 22.5 Å². The molecule has 1 rings (SSSR count). The fourth-order valence-corrected chi connectivity index (χ4v) is 1.00. The maximum absolute atomic E-state index is 8.57. The highest BCUT2D eigenvalue weighted by molar-refractivity contribution is 7.71. The molecule has 0 atom stereocenters. The molecule has 0 saturated heterocycles. The van der Waals surface area contributed by atoms with Crippen LogP contribution in [0.2, 0.25) is 0 Å². The van der Waals surface area contributed by atoms with Gasteiger partial charge in [0.1, 0.15) is 6.07 Å². The maximum atomic E-state index is 8.57. The van der Waals surface area contributed by atoms with Crippen molar-refractivity contribution in [3.8, 4) is 11.8 Å². The quantitative estimate of drug-likeness (QED) is 0.645. The first-order chi connectivity index (χ1) is 5.29. The second kappa shape index (κ2) is 3.17. The number of methoxy groups -OCH3 is 1. The van der Waals surface area contributed by atoms with Crippen LogP contribution in [0.3, 0.4) is 0 Å². The summed E-state index contributed by atoms with van der Waals surface area (Å²) in [5.74, 6) is 0.435. The van der Waals surface area contributed by atoms with Gasteiger partial charge in [0.05, 0.1) is 11.6 Å². The second-order valence-electron chi connectivity index (χ2n) is 1.86. The summed E-state index contributed by atoms with van der Waals surface area (Å²) in [7, 11) is 1.49. The van der Waals surface area contributed by atoms with E-state index in [9.17, 15) is 0 Å². The van der Waals surface area contributed by atoms with Crippen LogP contribution in [0.4, 0.5) is 0 Å². The lowest BCUT2D eigenvalue weighted by Gasteiger charge is -1.99. The van der Waals surface area contributed by atoms with Crippen molar-refractivity contribution in [1.29, 1.82) is 5.26 Å². The van der Waals surface area contributed by atoms with Crippen molar-refractivity contribution < 1.29 is 4.74 Å². The van der Waals surface area contributed by atoms with Crippen LogP contribution in [-0.2, 0) is 0 Å². The molecular weight excluding hydrogens is 160 g/mol. The number of aromatic amines is 1. The van der Waals surface area contributed by atoms with Crippen molar-refractivity contribution >= 4 is 12.2 Å². The zero-order valence-electron chi connectivity index (χ0n) is 5.92. The Hall–Kier alpha value is -1.34. The zero-order valence-corrected chi connectivity index (χ0v) is 6.73. The van der Waals surface area contributed by atoms with E-state index in [-0.39, 0.29) is 0 Å². The molecule has 0 saturated carbocycles. The molecular formula is C7H6N2OS. The van der Waals surface area contributed by atoms with Gasteiger partial charge in [-0.2, -0.15) is 5.26 Å². The minimum atomic E-state index is 0.361. The van der Waals surface area contributed by atoms with Gasteiger partial charge in [0.15, 0.2) is 11.4 Å². The summed E-state index contributed by atoms with van der Waals surface area (Å²) in [5, 5.41) is 8.57. The number of nitrogens with one attached hydrogen (secondary N) is 1. The van der Waals surface area contributed by atoms with Gasteiger partial charge in [-0.05, 0) is 6.07 Å². The van der Waals surface area contributed by atoms with Crippen LogP contribution in [0.25, 0.3) is 0 Å². The molecule has 1 heterocycles. The monoisotopic (exact) mass is 166 g/mol. The summed E-state index contributed by atoms with van der Waals surface area (Å²) in [6, 6.07) is 3.62. The summed E-state index contributed by atoms with van der Waals surface area (Å²) in [5.41, 5.74) is 0.361. The Bertz CT molecular complexity index is 350. The van der Waals surface area contributed by atoms with Gasteiger partial charge in [0.2, 0.25) is 0 Å². The number of rotatable bonds is 1. The molecule has 1 aromatic heterocycles. The highest BCUT2D eigenvalue weighted by atomic mass is 32.1. The third-order valence-corrected chi connectivity index (χ3v) is 1.55. The van der Waals surface area contributed by atoms with Crippen LogP contribution in [0, 0.1) is 15.8 Å². The molecule has 0 fully saturated rings. The average Bonchev–Trinajstić information content (AvgIpc) is 2.04. The number of pyridine rings is 1.